The molecule has 150 valence electrons. The van der Waals surface area contributed by atoms with Gasteiger partial charge >= 0.3 is 5.97 Å². The summed E-state index contributed by atoms with van der Waals surface area (Å²) in [6.45, 7) is 0.335. The van der Waals surface area contributed by atoms with Gasteiger partial charge < -0.3 is 14.8 Å². The number of amides is 1. The minimum Gasteiger partial charge on any atom is -0.484 e. The molecule has 1 amide bonds. The number of nitrogens with zero attached hydrogens (tertiary/aromatic N) is 1. The lowest BCUT2D eigenvalue weighted by molar-refractivity contribution is -0.114. The van der Waals surface area contributed by atoms with Gasteiger partial charge in [-0.25, -0.2) is 18.6 Å². The second-order valence-electron chi connectivity index (χ2n) is 5.33. The molecule has 0 aliphatic heterocycles. The number of hydrogen-bond acceptors (Lipinski definition) is 5. The van der Waals surface area contributed by atoms with Crippen LogP contribution in [0.15, 0.2) is 18.2 Å². The molecule has 1 aromatic carbocycles. The van der Waals surface area contributed by atoms with Crippen molar-refractivity contribution in [2.75, 3.05) is 19.0 Å². The number of esters is 1. The fraction of sp³-hybridized carbons (Fsp3) is 0.235. The lowest BCUT2D eigenvalue weighted by atomic mass is 10.1. The molecule has 0 saturated carbocycles. The molecule has 0 bridgehead atoms. The lowest BCUT2D eigenvalue weighted by Gasteiger charge is -2.15. The van der Waals surface area contributed by atoms with Gasteiger partial charge in [0.25, 0.3) is 6.43 Å². The molecule has 2 aromatic rings. The Morgan fingerprint density at radius 2 is 1.89 bits per heavy atom. The minimum absolute atomic E-state index is 0.0126. The topological polar surface area (TPSA) is 77.5 Å². The van der Waals surface area contributed by atoms with Gasteiger partial charge in [-0.15, -0.1) is 0 Å². The van der Waals surface area contributed by atoms with Crippen molar-refractivity contribution in [1.29, 1.82) is 0 Å². The Morgan fingerprint density at radius 3 is 2.46 bits per heavy atom. The van der Waals surface area contributed by atoms with Gasteiger partial charge in [-0.05, 0) is 18.2 Å². The Labute approximate surface area is 173 Å². The molecule has 1 heterocycles. The molecular formula is C17H13Cl3F2N2O4. The molecule has 0 fully saturated rings. The summed E-state index contributed by atoms with van der Waals surface area (Å²) in [5.41, 5.74) is 0.132. The third-order valence-corrected chi connectivity index (χ3v) is 4.38. The molecular weight excluding hydrogens is 441 g/mol. The zero-order valence-electron chi connectivity index (χ0n) is 14.5. The first-order valence-corrected chi connectivity index (χ1v) is 8.74. The van der Waals surface area contributed by atoms with Crippen molar-refractivity contribution in [2.45, 2.75) is 13.3 Å². The standard InChI is InChI=1S/C17H13Cl3F2N2O4/c1-7(25)23-11-5-10(24-15(14(11)20)17(26)27-2)8-3-4-9(18)16(13(8)19)28-6-12(21)22/h3-5,12H,6H2,1-2H3,(H,23,24,25). The van der Waals surface area contributed by atoms with E-state index >= 15 is 0 Å². The number of carbonyl (C=O) groups excluding carboxylic acids is 2. The zero-order chi connectivity index (χ0) is 21.0. The van der Waals surface area contributed by atoms with Crippen molar-refractivity contribution >= 4 is 52.4 Å². The first-order chi connectivity index (χ1) is 13.1. The number of hydrogen-bond donors (Lipinski definition) is 1. The lowest BCUT2D eigenvalue weighted by Crippen LogP contribution is -2.12. The number of benzene rings is 1. The van der Waals surface area contributed by atoms with Crippen molar-refractivity contribution < 1.29 is 27.8 Å². The van der Waals surface area contributed by atoms with Gasteiger partial charge in [0.2, 0.25) is 5.91 Å². The van der Waals surface area contributed by atoms with Crippen LogP contribution < -0.4 is 10.1 Å². The molecule has 0 aliphatic carbocycles. The SMILES string of the molecule is COC(=O)c1nc(-c2ccc(Cl)c(OCC(F)F)c2Cl)cc(NC(C)=O)c1Cl. The number of methoxy groups -OCH3 is 1. The summed E-state index contributed by atoms with van der Waals surface area (Å²) in [7, 11) is 1.14. The molecule has 0 unspecified atom stereocenters. The maximum Gasteiger partial charge on any atom is 0.358 e. The first kappa shape index (κ1) is 22.1. The smallest absolute Gasteiger partial charge is 0.358 e. The third kappa shape index (κ3) is 5.01. The fourth-order valence-electron chi connectivity index (χ4n) is 2.19. The Balaban J connectivity index is 2.65. The Bertz CT molecular complexity index is 926. The van der Waals surface area contributed by atoms with E-state index in [0.29, 0.717) is 0 Å². The van der Waals surface area contributed by atoms with Crippen LogP contribution in [0.3, 0.4) is 0 Å². The number of nitrogens with one attached hydrogen (secondary N) is 1. The molecule has 1 N–H and O–H groups in total. The second kappa shape index (κ2) is 9.36. The summed E-state index contributed by atoms with van der Waals surface area (Å²) in [6, 6.07) is 4.19. The van der Waals surface area contributed by atoms with Crippen molar-refractivity contribution in [2.24, 2.45) is 0 Å². The van der Waals surface area contributed by atoms with Crippen molar-refractivity contribution in [3.63, 3.8) is 0 Å². The molecule has 2 rings (SSSR count). The van der Waals surface area contributed by atoms with Crippen LogP contribution in [0, 0.1) is 0 Å². The highest BCUT2D eigenvalue weighted by molar-refractivity contribution is 6.39. The summed E-state index contributed by atoms with van der Waals surface area (Å²) in [4.78, 5) is 27.6. The molecule has 0 atom stereocenters. The Morgan fingerprint density at radius 1 is 1.21 bits per heavy atom. The van der Waals surface area contributed by atoms with Gasteiger partial charge in [0.15, 0.2) is 11.4 Å². The highest BCUT2D eigenvalue weighted by Gasteiger charge is 2.22. The van der Waals surface area contributed by atoms with E-state index in [9.17, 15) is 18.4 Å². The number of carbonyl (C=O) groups is 2. The van der Waals surface area contributed by atoms with Gasteiger partial charge in [0.05, 0.1) is 33.6 Å². The van der Waals surface area contributed by atoms with Crippen LogP contribution in [-0.4, -0.2) is 37.0 Å². The predicted molar refractivity (Wildman–Crippen MR) is 102 cm³/mol. The van der Waals surface area contributed by atoms with E-state index < -0.39 is 24.9 Å². The van der Waals surface area contributed by atoms with Gasteiger partial charge in [-0.1, -0.05) is 34.8 Å². The van der Waals surface area contributed by atoms with Crippen LogP contribution in [0.2, 0.25) is 15.1 Å². The highest BCUT2D eigenvalue weighted by Crippen LogP contribution is 2.41. The number of aromatic nitrogens is 1. The van der Waals surface area contributed by atoms with E-state index in [0.717, 1.165) is 7.11 Å². The van der Waals surface area contributed by atoms with Crippen molar-refractivity contribution in [1.82, 2.24) is 4.98 Å². The van der Waals surface area contributed by atoms with E-state index in [1.165, 1.54) is 25.1 Å². The number of halogens is 5. The monoisotopic (exact) mass is 452 g/mol. The number of anilines is 1. The summed E-state index contributed by atoms with van der Waals surface area (Å²) < 4.78 is 34.6. The predicted octanol–water partition coefficient (Wildman–Crippen LogP) is 5.10. The average molecular weight is 454 g/mol. The van der Waals surface area contributed by atoms with Crippen LogP contribution >= 0.6 is 34.8 Å². The number of pyridine rings is 1. The summed E-state index contributed by atoms with van der Waals surface area (Å²) in [5, 5.41) is 2.24. The third-order valence-electron chi connectivity index (χ3n) is 3.33. The van der Waals surface area contributed by atoms with Gasteiger partial charge in [-0.2, -0.15) is 0 Å². The average Bonchev–Trinajstić information content (AvgIpc) is 2.62. The van der Waals surface area contributed by atoms with Crippen molar-refractivity contribution in [3.05, 3.63) is 39.0 Å². The first-order valence-electron chi connectivity index (χ1n) is 7.61. The fourth-order valence-corrected chi connectivity index (χ4v) is 2.99. The van der Waals surface area contributed by atoms with E-state index in [4.69, 9.17) is 39.5 Å². The number of rotatable bonds is 6. The van der Waals surface area contributed by atoms with E-state index in [1.54, 1.807) is 0 Å². The molecule has 6 nitrogen and oxygen atoms in total. The second-order valence-corrected chi connectivity index (χ2v) is 6.49. The normalized spacial score (nSPS) is 10.7. The van der Waals surface area contributed by atoms with Gasteiger partial charge in [-0.3, -0.25) is 4.79 Å². The maximum atomic E-state index is 12.5. The molecule has 11 heteroatoms. The van der Waals surface area contributed by atoms with E-state index in [1.807, 2.05) is 0 Å². The van der Waals surface area contributed by atoms with Crippen LogP contribution in [0.1, 0.15) is 17.4 Å². The maximum absolute atomic E-state index is 12.5. The largest absolute Gasteiger partial charge is 0.484 e. The molecule has 0 spiro atoms. The summed E-state index contributed by atoms with van der Waals surface area (Å²) in [6.07, 6.45) is -2.73. The molecule has 0 radical (unpaired) electrons. The van der Waals surface area contributed by atoms with E-state index in [-0.39, 0.29) is 43.5 Å². The van der Waals surface area contributed by atoms with E-state index in [2.05, 4.69) is 15.0 Å². The number of ether oxygens (including phenoxy) is 2. The van der Waals surface area contributed by atoms with Crippen LogP contribution in [0.5, 0.6) is 5.75 Å². The van der Waals surface area contributed by atoms with Crippen LogP contribution in [0.25, 0.3) is 11.3 Å². The quantitative estimate of drug-likeness (QED) is 0.616. The van der Waals surface area contributed by atoms with Crippen LogP contribution in [0.4, 0.5) is 14.5 Å². The Kier molecular flexibility index (Phi) is 7.40. The van der Waals surface area contributed by atoms with Crippen molar-refractivity contribution in [3.8, 4) is 17.0 Å². The zero-order valence-corrected chi connectivity index (χ0v) is 16.8. The molecule has 1 aromatic heterocycles. The summed E-state index contributed by atoms with van der Waals surface area (Å²) in [5.74, 6) is -1.46. The Hall–Kier alpha value is -2.16. The van der Waals surface area contributed by atoms with Gasteiger partial charge in [0.1, 0.15) is 6.61 Å². The van der Waals surface area contributed by atoms with Gasteiger partial charge in [0, 0.05) is 12.5 Å². The molecule has 0 aliphatic rings. The van der Waals surface area contributed by atoms with Crippen LogP contribution in [-0.2, 0) is 9.53 Å². The summed E-state index contributed by atoms with van der Waals surface area (Å²) >= 11 is 18.4. The highest BCUT2D eigenvalue weighted by atomic mass is 35.5. The number of alkyl halides is 2. The molecule has 0 saturated heterocycles. The minimum atomic E-state index is -2.73. The molecule has 28 heavy (non-hydrogen) atoms.